The smallest absolute Gasteiger partial charge is 0.328 e. The number of carboxylic acid groups (broad SMARTS) is 1. The molecule has 0 spiro atoms. The van der Waals surface area contributed by atoms with E-state index < -0.39 is 5.97 Å². The quantitative estimate of drug-likeness (QED) is 0.608. The van der Waals surface area contributed by atoms with E-state index in [1.807, 2.05) is 41.8 Å². The summed E-state index contributed by atoms with van der Waals surface area (Å²) < 4.78 is 8.11. The van der Waals surface area contributed by atoms with Crippen molar-refractivity contribution in [1.82, 2.24) is 0 Å². The fraction of sp³-hybridized carbons (Fsp3) is 0. The molecule has 0 aliphatic heterocycles. The Hall–Kier alpha value is -2.11. The van der Waals surface area contributed by atoms with Gasteiger partial charge in [-0.15, -0.1) is 11.3 Å². The molecule has 0 saturated carbocycles. The van der Waals surface area contributed by atoms with E-state index in [0.717, 1.165) is 37.7 Å². The monoisotopic (exact) mass is 374 g/mol. The fourth-order valence-corrected chi connectivity index (χ4v) is 3.41. The van der Waals surface area contributed by atoms with Gasteiger partial charge in [0.25, 0.3) is 0 Å². The first-order chi connectivity index (χ1) is 10.6. The first kappa shape index (κ1) is 14.8. The second kappa shape index (κ2) is 6.34. The average molecular weight is 375 g/mol. The predicted octanol–water partition coefficient (Wildman–Crippen LogP) is 5.55. The number of aliphatic carboxylic acids is 1. The third-order valence-corrected chi connectivity index (χ3v) is 4.45. The summed E-state index contributed by atoms with van der Waals surface area (Å²) in [7, 11) is 0. The molecule has 1 heterocycles. The van der Waals surface area contributed by atoms with Gasteiger partial charge in [0.05, 0.1) is 0 Å². The molecule has 2 aromatic carbocycles. The van der Waals surface area contributed by atoms with E-state index in [2.05, 4.69) is 22.0 Å². The van der Waals surface area contributed by atoms with Gasteiger partial charge in [0.2, 0.25) is 0 Å². The zero-order valence-corrected chi connectivity index (χ0v) is 13.7. The van der Waals surface area contributed by atoms with E-state index in [1.165, 1.54) is 0 Å². The lowest BCUT2D eigenvalue weighted by Gasteiger charge is -2.05. The van der Waals surface area contributed by atoms with Crippen LogP contribution in [-0.2, 0) is 4.79 Å². The van der Waals surface area contributed by atoms with Crippen LogP contribution < -0.4 is 4.74 Å². The van der Waals surface area contributed by atoms with Gasteiger partial charge in [0, 0.05) is 26.0 Å². The number of hydrogen-bond donors (Lipinski definition) is 1. The third kappa shape index (κ3) is 3.37. The zero-order chi connectivity index (χ0) is 15.5. The molecule has 0 unspecified atom stereocenters. The standard InChI is InChI=1S/C17H11BrO3S/c18-12-4-7-14-15(10-22-16(14)9-12)21-13-5-1-11(2-6-13)3-8-17(19)20/h1-10H,(H,19,20)/b8-3+. The lowest BCUT2D eigenvalue weighted by atomic mass is 10.2. The van der Waals surface area contributed by atoms with Gasteiger partial charge < -0.3 is 9.84 Å². The third-order valence-electron chi connectivity index (χ3n) is 3.03. The lowest BCUT2D eigenvalue weighted by Crippen LogP contribution is -1.86. The normalized spacial score (nSPS) is 11.1. The van der Waals surface area contributed by atoms with Gasteiger partial charge in [-0.05, 0) is 42.0 Å². The fourth-order valence-electron chi connectivity index (χ4n) is 2.00. The van der Waals surface area contributed by atoms with E-state index in [9.17, 15) is 4.79 Å². The van der Waals surface area contributed by atoms with Crippen molar-refractivity contribution in [2.45, 2.75) is 0 Å². The molecule has 0 aliphatic carbocycles. The number of rotatable bonds is 4. The van der Waals surface area contributed by atoms with Crippen molar-refractivity contribution in [3.63, 3.8) is 0 Å². The maximum absolute atomic E-state index is 10.5. The van der Waals surface area contributed by atoms with E-state index in [-0.39, 0.29) is 0 Å². The summed E-state index contributed by atoms with van der Waals surface area (Å²) in [5.74, 6) is 0.577. The van der Waals surface area contributed by atoms with Crippen LogP contribution in [0.5, 0.6) is 11.5 Å². The number of carbonyl (C=O) groups is 1. The molecule has 0 fully saturated rings. The number of ether oxygens (including phenoxy) is 1. The highest BCUT2D eigenvalue weighted by atomic mass is 79.9. The summed E-state index contributed by atoms with van der Waals surface area (Å²) in [6.45, 7) is 0. The molecule has 0 amide bonds. The molecule has 3 aromatic rings. The first-order valence-electron chi connectivity index (χ1n) is 6.47. The number of benzene rings is 2. The van der Waals surface area contributed by atoms with Gasteiger partial charge >= 0.3 is 5.97 Å². The lowest BCUT2D eigenvalue weighted by molar-refractivity contribution is -0.131. The Kier molecular flexibility index (Phi) is 4.27. The molecule has 3 rings (SSSR count). The van der Waals surface area contributed by atoms with Crippen LogP contribution in [0.4, 0.5) is 0 Å². The molecule has 0 saturated heterocycles. The molecule has 0 radical (unpaired) electrons. The Morgan fingerprint density at radius 1 is 1.18 bits per heavy atom. The Balaban J connectivity index is 1.81. The maximum atomic E-state index is 10.5. The average Bonchev–Trinajstić information content (AvgIpc) is 2.88. The van der Waals surface area contributed by atoms with Gasteiger partial charge in [-0.2, -0.15) is 0 Å². The highest BCUT2D eigenvalue weighted by Gasteiger charge is 2.06. The van der Waals surface area contributed by atoms with Gasteiger partial charge in [-0.1, -0.05) is 28.1 Å². The molecule has 5 heteroatoms. The van der Waals surface area contributed by atoms with Crippen LogP contribution in [0.25, 0.3) is 16.2 Å². The second-order valence-corrected chi connectivity index (χ2v) is 6.41. The maximum Gasteiger partial charge on any atom is 0.328 e. The Labute approximate surface area is 139 Å². The number of fused-ring (bicyclic) bond motifs is 1. The van der Waals surface area contributed by atoms with Crippen molar-refractivity contribution in [3.8, 4) is 11.5 Å². The number of thiophene rings is 1. The summed E-state index contributed by atoms with van der Waals surface area (Å²) >= 11 is 5.09. The summed E-state index contributed by atoms with van der Waals surface area (Å²) in [6, 6.07) is 13.4. The van der Waals surface area contributed by atoms with Crippen LogP contribution in [0, 0.1) is 0 Å². The predicted molar refractivity (Wildman–Crippen MR) is 92.7 cm³/mol. The zero-order valence-electron chi connectivity index (χ0n) is 11.3. The van der Waals surface area contributed by atoms with E-state index in [4.69, 9.17) is 9.84 Å². The first-order valence-corrected chi connectivity index (χ1v) is 8.15. The van der Waals surface area contributed by atoms with E-state index >= 15 is 0 Å². The molecule has 22 heavy (non-hydrogen) atoms. The molecule has 0 bridgehead atoms. The number of halogens is 1. The number of carboxylic acids is 1. The Morgan fingerprint density at radius 3 is 2.68 bits per heavy atom. The topological polar surface area (TPSA) is 46.5 Å². The summed E-state index contributed by atoms with van der Waals surface area (Å²) in [5.41, 5.74) is 0.814. The van der Waals surface area contributed by atoms with Gasteiger partial charge in [-0.25, -0.2) is 4.79 Å². The van der Waals surface area contributed by atoms with E-state index in [0.29, 0.717) is 0 Å². The minimum atomic E-state index is -0.962. The Morgan fingerprint density at radius 2 is 1.95 bits per heavy atom. The SMILES string of the molecule is O=C(O)/C=C/c1ccc(Oc2csc3cc(Br)ccc23)cc1. The number of hydrogen-bond acceptors (Lipinski definition) is 3. The van der Waals surface area contributed by atoms with Crippen LogP contribution in [-0.4, -0.2) is 11.1 Å². The molecular weight excluding hydrogens is 364 g/mol. The van der Waals surface area contributed by atoms with Crippen LogP contribution in [0.3, 0.4) is 0 Å². The highest BCUT2D eigenvalue weighted by Crippen LogP contribution is 2.36. The summed E-state index contributed by atoms with van der Waals surface area (Å²) in [5, 5.41) is 11.7. The molecule has 0 atom stereocenters. The van der Waals surface area contributed by atoms with Crippen molar-refractivity contribution in [2.24, 2.45) is 0 Å². The highest BCUT2D eigenvalue weighted by molar-refractivity contribution is 9.10. The minimum absolute atomic E-state index is 0.718. The van der Waals surface area contributed by atoms with Crippen molar-refractivity contribution in [2.75, 3.05) is 0 Å². The second-order valence-electron chi connectivity index (χ2n) is 4.58. The Bertz CT molecular complexity index is 850. The summed E-state index contributed by atoms with van der Waals surface area (Å²) in [4.78, 5) is 10.5. The van der Waals surface area contributed by atoms with E-state index in [1.54, 1.807) is 17.4 Å². The molecule has 110 valence electrons. The van der Waals surface area contributed by atoms with Crippen molar-refractivity contribution >= 4 is 49.4 Å². The van der Waals surface area contributed by atoms with Crippen LogP contribution in [0.2, 0.25) is 0 Å². The molecule has 1 aromatic heterocycles. The van der Waals surface area contributed by atoms with Crippen molar-refractivity contribution < 1.29 is 14.6 Å². The molecule has 3 nitrogen and oxygen atoms in total. The summed E-state index contributed by atoms with van der Waals surface area (Å²) in [6.07, 6.45) is 2.66. The van der Waals surface area contributed by atoms with Crippen molar-refractivity contribution in [3.05, 3.63) is 64.0 Å². The van der Waals surface area contributed by atoms with Crippen LogP contribution >= 0.6 is 27.3 Å². The van der Waals surface area contributed by atoms with Gasteiger partial charge in [-0.3, -0.25) is 0 Å². The van der Waals surface area contributed by atoms with Gasteiger partial charge in [0.1, 0.15) is 11.5 Å². The van der Waals surface area contributed by atoms with Crippen LogP contribution in [0.1, 0.15) is 5.56 Å². The minimum Gasteiger partial charge on any atom is -0.478 e. The van der Waals surface area contributed by atoms with Crippen molar-refractivity contribution in [1.29, 1.82) is 0 Å². The molecular formula is C17H11BrO3S. The molecule has 1 N–H and O–H groups in total. The molecule has 0 aliphatic rings. The largest absolute Gasteiger partial charge is 0.478 e. The van der Waals surface area contributed by atoms with Gasteiger partial charge in [0.15, 0.2) is 0 Å². The van der Waals surface area contributed by atoms with Crippen LogP contribution in [0.15, 0.2) is 58.4 Å².